The average molecular weight is 405 g/mol. The third kappa shape index (κ3) is 4.10. The second-order valence-corrected chi connectivity index (χ2v) is 8.82. The molecule has 0 aliphatic carbocycles. The molecular weight excluding hydrogens is 382 g/mol. The topological polar surface area (TPSA) is 99.9 Å². The molecular formula is C19H23N3O5S. The monoisotopic (exact) mass is 405 g/mol. The Hall–Kier alpha value is -2.65. The van der Waals surface area contributed by atoms with E-state index in [0.29, 0.717) is 5.69 Å². The molecule has 28 heavy (non-hydrogen) atoms. The maximum atomic E-state index is 12.7. The lowest BCUT2D eigenvalue weighted by Crippen LogP contribution is -2.51. The van der Waals surface area contributed by atoms with E-state index in [4.69, 9.17) is 0 Å². The average Bonchev–Trinajstić information content (AvgIpc) is 2.65. The van der Waals surface area contributed by atoms with Crippen molar-refractivity contribution in [2.45, 2.75) is 25.3 Å². The molecule has 1 aliphatic heterocycles. The Morgan fingerprint density at radius 2 is 1.64 bits per heavy atom. The van der Waals surface area contributed by atoms with Gasteiger partial charge in [0.1, 0.15) is 12.3 Å². The van der Waals surface area contributed by atoms with E-state index in [1.54, 1.807) is 36.1 Å². The molecule has 0 spiro atoms. The van der Waals surface area contributed by atoms with Crippen LogP contribution in [0.15, 0.2) is 46.1 Å². The van der Waals surface area contributed by atoms with Crippen LogP contribution in [-0.2, 0) is 21.4 Å². The van der Waals surface area contributed by atoms with Crippen LogP contribution in [-0.4, -0.2) is 59.4 Å². The number of benzene rings is 1. The molecule has 8 nitrogen and oxygen atoms in total. The summed E-state index contributed by atoms with van der Waals surface area (Å²) in [5, 5.41) is 9.44. The number of rotatable bonds is 4. The van der Waals surface area contributed by atoms with Crippen molar-refractivity contribution < 1.29 is 18.3 Å². The van der Waals surface area contributed by atoms with Crippen molar-refractivity contribution in [3.05, 3.63) is 58.0 Å². The van der Waals surface area contributed by atoms with E-state index in [-0.39, 0.29) is 49.3 Å². The number of sulfonamides is 1. The third-order valence-electron chi connectivity index (χ3n) is 4.86. The molecule has 1 aromatic heterocycles. The molecule has 150 valence electrons. The van der Waals surface area contributed by atoms with E-state index in [1.165, 1.54) is 14.9 Å². The van der Waals surface area contributed by atoms with E-state index in [9.17, 15) is 23.1 Å². The first-order valence-electron chi connectivity index (χ1n) is 8.93. The Labute approximate surface area is 163 Å². The van der Waals surface area contributed by atoms with Crippen molar-refractivity contribution in [2.24, 2.45) is 0 Å². The van der Waals surface area contributed by atoms with Crippen molar-refractivity contribution in [1.82, 2.24) is 13.8 Å². The summed E-state index contributed by atoms with van der Waals surface area (Å²) in [5.74, 6) is -0.399. The molecule has 0 atom stereocenters. The Morgan fingerprint density at radius 1 is 1.04 bits per heavy atom. The second kappa shape index (κ2) is 7.76. The lowest BCUT2D eigenvalue weighted by atomic mass is 10.2. The zero-order valence-corrected chi connectivity index (χ0v) is 16.6. The third-order valence-corrected chi connectivity index (χ3v) is 6.78. The quantitative estimate of drug-likeness (QED) is 0.807. The molecule has 0 radical (unpaired) electrons. The summed E-state index contributed by atoms with van der Waals surface area (Å²) in [6, 6.07) is 9.16. The number of nitrogens with zero attached hydrogens (tertiary/aromatic N) is 3. The largest absolute Gasteiger partial charge is 0.508 e. The van der Waals surface area contributed by atoms with Crippen molar-refractivity contribution in [3.8, 4) is 5.75 Å². The van der Waals surface area contributed by atoms with Gasteiger partial charge < -0.3 is 14.6 Å². The number of hydrogen-bond acceptors (Lipinski definition) is 5. The van der Waals surface area contributed by atoms with Crippen LogP contribution in [0.1, 0.15) is 11.3 Å². The summed E-state index contributed by atoms with van der Waals surface area (Å²) in [6.07, 6.45) is 0. The van der Waals surface area contributed by atoms with Gasteiger partial charge in [-0.05, 0) is 32.0 Å². The molecule has 2 heterocycles. The summed E-state index contributed by atoms with van der Waals surface area (Å²) < 4.78 is 28.1. The summed E-state index contributed by atoms with van der Waals surface area (Å²) in [7, 11) is -3.59. The van der Waals surface area contributed by atoms with Gasteiger partial charge in [0.15, 0.2) is 0 Å². The van der Waals surface area contributed by atoms with Gasteiger partial charge in [-0.15, -0.1) is 0 Å². The Bertz CT molecular complexity index is 1040. The molecule has 1 aliphatic rings. The highest BCUT2D eigenvalue weighted by atomic mass is 32.2. The molecule has 1 amide bonds. The van der Waals surface area contributed by atoms with Gasteiger partial charge in [-0.2, -0.15) is 4.31 Å². The zero-order chi connectivity index (χ0) is 20.5. The lowest BCUT2D eigenvalue weighted by Gasteiger charge is -2.34. The fourth-order valence-electron chi connectivity index (χ4n) is 3.19. The van der Waals surface area contributed by atoms with Crippen molar-refractivity contribution in [1.29, 1.82) is 0 Å². The maximum absolute atomic E-state index is 12.7. The highest BCUT2D eigenvalue weighted by Gasteiger charge is 2.30. The zero-order valence-electron chi connectivity index (χ0n) is 15.8. The van der Waals surface area contributed by atoms with Crippen molar-refractivity contribution in [3.63, 3.8) is 0 Å². The predicted molar refractivity (Wildman–Crippen MR) is 104 cm³/mol. The first kappa shape index (κ1) is 20.1. The van der Waals surface area contributed by atoms with Crippen molar-refractivity contribution in [2.75, 3.05) is 26.2 Å². The van der Waals surface area contributed by atoms with Gasteiger partial charge in [-0.25, -0.2) is 8.42 Å². The highest BCUT2D eigenvalue weighted by Crippen LogP contribution is 2.18. The lowest BCUT2D eigenvalue weighted by molar-refractivity contribution is -0.133. The smallest absolute Gasteiger partial charge is 0.254 e. The summed E-state index contributed by atoms with van der Waals surface area (Å²) in [4.78, 5) is 26.3. The van der Waals surface area contributed by atoms with Crippen LogP contribution in [0.25, 0.3) is 0 Å². The minimum atomic E-state index is -3.59. The summed E-state index contributed by atoms with van der Waals surface area (Å²) >= 11 is 0. The number of hydrogen-bond donors (Lipinski definition) is 1. The molecule has 3 rings (SSSR count). The van der Waals surface area contributed by atoms with Crippen LogP contribution in [0.3, 0.4) is 0 Å². The van der Waals surface area contributed by atoms with E-state index in [2.05, 4.69) is 0 Å². The number of pyridine rings is 1. The molecule has 0 bridgehead atoms. The number of amides is 1. The highest BCUT2D eigenvalue weighted by molar-refractivity contribution is 7.89. The number of carbonyl (C=O) groups excluding carboxylic acids is 1. The number of aryl methyl sites for hydroxylation is 2. The fourth-order valence-corrected chi connectivity index (χ4v) is 4.61. The predicted octanol–water partition coefficient (Wildman–Crippen LogP) is 0.704. The second-order valence-electron chi connectivity index (χ2n) is 6.88. The normalized spacial score (nSPS) is 15.6. The minimum Gasteiger partial charge on any atom is -0.508 e. The Morgan fingerprint density at radius 3 is 2.21 bits per heavy atom. The van der Waals surface area contributed by atoms with E-state index in [1.807, 2.05) is 6.92 Å². The van der Waals surface area contributed by atoms with Crippen LogP contribution in [0.5, 0.6) is 5.75 Å². The number of piperazine rings is 1. The number of carbonyl (C=O) groups is 1. The summed E-state index contributed by atoms with van der Waals surface area (Å²) in [5.41, 5.74) is 1.01. The number of aromatic nitrogens is 1. The van der Waals surface area contributed by atoms with E-state index >= 15 is 0 Å². The SMILES string of the molecule is Cc1ccc(S(=O)(=O)N2CCN(C(=O)Cn3c(C)cc(O)cc3=O)CC2)cc1. The van der Waals surface area contributed by atoms with Crippen LogP contribution in [0.2, 0.25) is 0 Å². The van der Waals surface area contributed by atoms with Crippen molar-refractivity contribution >= 4 is 15.9 Å². The molecule has 1 saturated heterocycles. The molecule has 1 fully saturated rings. The first-order chi connectivity index (χ1) is 13.2. The molecule has 2 aromatic rings. The standard InChI is InChI=1S/C19H23N3O5S/c1-14-3-5-17(6-4-14)28(26,27)21-9-7-20(8-10-21)19(25)13-22-15(2)11-16(23)12-18(22)24/h3-6,11-12,23H,7-10,13H2,1-2H3. The van der Waals surface area contributed by atoms with Gasteiger partial charge in [0.05, 0.1) is 4.90 Å². The summed E-state index contributed by atoms with van der Waals surface area (Å²) in [6.45, 7) is 4.31. The molecule has 0 unspecified atom stereocenters. The Kier molecular flexibility index (Phi) is 5.57. The van der Waals surface area contributed by atoms with Gasteiger partial charge in [0.25, 0.3) is 5.56 Å². The van der Waals surface area contributed by atoms with Crippen LogP contribution in [0, 0.1) is 13.8 Å². The van der Waals surface area contributed by atoms with E-state index < -0.39 is 15.6 Å². The van der Waals surface area contributed by atoms with Gasteiger partial charge >= 0.3 is 0 Å². The van der Waals surface area contributed by atoms with E-state index in [0.717, 1.165) is 11.6 Å². The molecule has 0 saturated carbocycles. The van der Waals surface area contributed by atoms with Gasteiger partial charge in [-0.1, -0.05) is 17.7 Å². The van der Waals surface area contributed by atoms with Gasteiger partial charge in [0.2, 0.25) is 15.9 Å². The van der Waals surface area contributed by atoms with Gasteiger partial charge in [-0.3, -0.25) is 9.59 Å². The Balaban J connectivity index is 1.66. The van der Waals surface area contributed by atoms with Crippen LogP contribution >= 0.6 is 0 Å². The molecule has 1 aromatic carbocycles. The molecule has 9 heteroatoms. The van der Waals surface area contributed by atoms with Crippen LogP contribution < -0.4 is 5.56 Å². The first-order valence-corrected chi connectivity index (χ1v) is 10.4. The number of aromatic hydroxyl groups is 1. The van der Waals surface area contributed by atoms with Gasteiger partial charge in [0, 0.05) is 37.9 Å². The minimum absolute atomic E-state index is 0.138. The van der Waals surface area contributed by atoms with Crippen LogP contribution in [0.4, 0.5) is 0 Å². The maximum Gasteiger partial charge on any atom is 0.254 e. The fraction of sp³-hybridized carbons (Fsp3) is 0.368. The molecule has 1 N–H and O–H groups in total.